The molecule has 0 aliphatic carbocycles. The van der Waals surface area contributed by atoms with Gasteiger partial charge in [0, 0.05) is 31.9 Å². The zero-order valence-corrected chi connectivity index (χ0v) is 8.72. The third-order valence-corrected chi connectivity index (χ3v) is 2.77. The van der Waals surface area contributed by atoms with Crippen LogP contribution in [0, 0.1) is 6.07 Å². The van der Waals surface area contributed by atoms with Gasteiger partial charge < -0.3 is 9.69 Å². The molecule has 2 rings (SSSR count). The highest BCUT2D eigenvalue weighted by molar-refractivity contribution is 5.52. The quantitative estimate of drug-likeness (QED) is 0.679. The lowest BCUT2D eigenvalue weighted by Gasteiger charge is -2.35. The molecule has 1 aliphatic heterocycles. The predicted molar refractivity (Wildman–Crippen MR) is 60.0 cm³/mol. The van der Waals surface area contributed by atoms with Crippen molar-refractivity contribution in [3.8, 4) is 0 Å². The summed E-state index contributed by atoms with van der Waals surface area (Å²) in [5, 5.41) is 0. The summed E-state index contributed by atoms with van der Waals surface area (Å²) in [6, 6.07) is 11.1. The maximum absolute atomic E-state index is 10.4. The lowest BCUT2D eigenvalue weighted by molar-refractivity contribution is -0.108. The summed E-state index contributed by atoms with van der Waals surface area (Å²) in [5.41, 5.74) is 1.25. The summed E-state index contributed by atoms with van der Waals surface area (Å²) in [4.78, 5) is 14.9. The number of aldehydes is 1. The minimum Gasteiger partial charge on any atom is -0.369 e. The van der Waals surface area contributed by atoms with E-state index >= 15 is 0 Å². The van der Waals surface area contributed by atoms with Crippen LogP contribution in [0.25, 0.3) is 0 Å². The van der Waals surface area contributed by atoms with Gasteiger partial charge in [-0.2, -0.15) is 0 Å². The van der Waals surface area contributed by atoms with E-state index in [2.05, 4.69) is 28.0 Å². The Morgan fingerprint density at radius 3 is 2.47 bits per heavy atom. The smallest absolute Gasteiger partial charge is 0.133 e. The second-order valence-corrected chi connectivity index (χ2v) is 3.71. The average molecular weight is 203 g/mol. The van der Waals surface area contributed by atoms with E-state index in [4.69, 9.17) is 0 Å². The van der Waals surface area contributed by atoms with Crippen LogP contribution in [0.2, 0.25) is 0 Å². The SMILES string of the molecule is O=CCN1CCN(c2cc[c]cc2)CC1. The molecule has 1 radical (unpaired) electrons. The molecule has 0 saturated carbocycles. The van der Waals surface area contributed by atoms with Gasteiger partial charge in [0.05, 0.1) is 6.54 Å². The van der Waals surface area contributed by atoms with Crippen molar-refractivity contribution in [1.29, 1.82) is 0 Å². The second kappa shape index (κ2) is 4.94. The summed E-state index contributed by atoms with van der Waals surface area (Å²) in [5.74, 6) is 0. The Hall–Kier alpha value is -1.35. The average Bonchev–Trinajstić information content (AvgIpc) is 2.32. The number of benzene rings is 1. The zero-order valence-electron chi connectivity index (χ0n) is 8.72. The van der Waals surface area contributed by atoms with Gasteiger partial charge in [0.2, 0.25) is 0 Å². The third-order valence-electron chi connectivity index (χ3n) is 2.77. The monoisotopic (exact) mass is 203 g/mol. The summed E-state index contributed by atoms with van der Waals surface area (Å²) >= 11 is 0. The van der Waals surface area contributed by atoms with Crippen molar-refractivity contribution in [3.05, 3.63) is 30.3 Å². The van der Waals surface area contributed by atoms with Gasteiger partial charge in [-0.15, -0.1) is 0 Å². The van der Waals surface area contributed by atoms with Gasteiger partial charge in [0.1, 0.15) is 6.29 Å². The highest BCUT2D eigenvalue weighted by Gasteiger charge is 2.15. The third kappa shape index (κ3) is 2.57. The summed E-state index contributed by atoms with van der Waals surface area (Å²) in [6.07, 6.45) is 0.979. The van der Waals surface area contributed by atoms with E-state index in [0.29, 0.717) is 6.54 Å². The van der Waals surface area contributed by atoms with Crippen LogP contribution in [0.5, 0.6) is 0 Å². The minimum atomic E-state index is 0.566. The number of rotatable bonds is 3. The van der Waals surface area contributed by atoms with Gasteiger partial charge in [-0.05, 0) is 18.2 Å². The Balaban J connectivity index is 1.91. The Kier molecular flexibility index (Phi) is 3.35. The molecule has 0 unspecified atom stereocenters. The van der Waals surface area contributed by atoms with Crippen LogP contribution in [-0.2, 0) is 4.79 Å². The molecule has 0 spiro atoms. The molecule has 79 valence electrons. The molecule has 1 heterocycles. The zero-order chi connectivity index (χ0) is 10.5. The van der Waals surface area contributed by atoms with Crippen LogP contribution < -0.4 is 4.90 Å². The van der Waals surface area contributed by atoms with Crippen molar-refractivity contribution in [2.45, 2.75) is 0 Å². The molecule has 0 aromatic heterocycles. The molecule has 0 amide bonds. The molecule has 1 aromatic carbocycles. The van der Waals surface area contributed by atoms with Crippen LogP contribution in [-0.4, -0.2) is 43.9 Å². The lowest BCUT2D eigenvalue weighted by Crippen LogP contribution is -2.46. The van der Waals surface area contributed by atoms with E-state index in [1.54, 1.807) is 0 Å². The fourth-order valence-electron chi connectivity index (χ4n) is 1.88. The van der Waals surface area contributed by atoms with Gasteiger partial charge in [-0.3, -0.25) is 4.90 Å². The van der Waals surface area contributed by atoms with Gasteiger partial charge >= 0.3 is 0 Å². The Morgan fingerprint density at radius 1 is 1.20 bits per heavy atom. The molecule has 0 bridgehead atoms. The van der Waals surface area contributed by atoms with E-state index in [1.165, 1.54) is 5.69 Å². The largest absolute Gasteiger partial charge is 0.369 e. The molecule has 1 aromatic rings. The summed E-state index contributed by atoms with van der Waals surface area (Å²) in [6.45, 7) is 4.50. The predicted octanol–water partition coefficient (Wildman–Crippen LogP) is 0.808. The molecule has 0 N–H and O–H groups in total. The molecule has 3 heteroatoms. The highest BCUT2D eigenvalue weighted by atomic mass is 16.1. The van der Waals surface area contributed by atoms with Gasteiger partial charge in [-0.25, -0.2) is 0 Å². The number of nitrogens with zero attached hydrogens (tertiary/aromatic N) is 2. The fourth-order valence-corrected chi connectivity index (χ4v) is 1.88. The molecule has 1 fully saturated rings. The number of hydrogen-bond acceptors (Lipinski definition) is 3. The van der Waals surface area contributed by atoms with Crippen LogP contribution in [0.15, 0.2) is 24.3 Å². The molecular formula is C12H15N2O. The number of anilines is 1. The normalized spacial score (nSPS) is 17.7. The van der Waals surface area contributed by atoms with E-state index in [9.17, 15) is 4.79 Å². The van der Waals surface area contributed by atoms with Crippen molar-refractivity contribution in [2.24, 2.45) is 0 Å². The molecule has 1 aliphatic rings. The fraction of sp³-hybridized carbons (Fsp3) is 0.417. The first-order chi connectivity index (χ1) is 7.40. The van der Waals surface area contributed by atoms with Crippen LogP contribution >= 0.6 is 0 Å². The maximum atomic E-state index is 10.4. The number of carbonyl (C=O) groups is 1. The standard InChI is InChI=1S/C12H15N2O/c15-11-10-13-6-8-14(9-7-13)12-4-2-1-3-5-12/h2-5,11H,6-10H2. The van der Waals surface area contributed by atoms with Crippen molar-refractivity contribution >= 4 is 12.0 Å². The van der Waals surface area contributed by atoms with Gasteiger partial charge in [-0.1, -0.05) is 12.1 Å². The maximum Gasteiger partial charge on any atom is 0.133 e. The first-order valence-electron chi connectivity index (χ1n) is 5.27. The summed E-state index contributed by atoms with van der Waals surface area (Å²) < 4.78 is 0. The van der Waals surface area contributed by atoms with Crippen molar-refractivity contribution in [3.63, 3.8) is 0 Å². The molecule has 0 atom stereocenters. The van der Waals surface area contributed by atoms with E-state index in [0.717, 1.165) is 32.5 Å². The number of hydrogen-bond donors (Lipinski definition) is 0. The minimum absolute atomic E-state index is 0.566. The Morgan fingerprint density at radius 2 is 1.87 bits per heavy atom. The van der Waals surface area contributed by atoms with E-state index in [-0.39, 0.29) is 0 Å². The highest BCUT2D eigenvalue weighted by Crippen LogP contribution is 2.14. The van der Waals surface area contributed by atoms with Crippen molar-refractivity contribution in [2.75, 3.05) is 37.6 Å². The van der Waals surface area contributed by atoms with Gasteiger partial charge in [0.25, 0.3) is 0 Å². The van der Waals surface area contributed by atoms with Crippen molar-refractivity contribution in [1.82, 2.24) is 4.90 Å². The first kappa shape index (κ1) is 10.2. The van der Waals surface area contributed by atoms with Crippen LogP contribution in [0.3, 0.4) is 0 Å². The van der Waals surface area contributed by atoms with E-state index < -0.39 is 0 Å². The van der Waals surface area contributed by atoms with Crippen molar-refractivity contribution < 1.29 is 4.79 Å². The van der Waals surface area contributed by atoms with E-state index in [1.807, 2.05) is 12.1 Å². The molecule has 15 heavy (non-hydrogen) atoms. The lowest BCUT2D eigenvalue weighted by atomic mass is 10.2. The summed E-state index contributed by atoms with van der Waals surface area (Å²) in [7, 11) is 0. The van der Waals surface area contributed by atoms with Gasteiger partial charge in [0.15, 0.2) is 0 Å². The molecule has 1 saturated heterocycles. The molecular weight excluding hydrogens is 188 g/mol. The van der Waals surface area contributed by atoms with Crippen LogP contribution in [0.1, 0.15) is 0 Å². The molecule has 3 nitrogen and oxygen atoms in total. The Labute approximate surface area is 90.3 Å². The first-order valence-corrected chi connectivity index (χ1v) is 5.27. The Bertz CT molecular complexity index is 305. The van der Waals surface area contributed by atoms with Crippen LogP contribution in [0.4, 0.5) is 5.69 Å². The number of piperazine rings is 1. The topological polar surface area (TPSA) is 23.6 Å². The number of carbonyl (C=O) groups excluding carboxylic acids is 1. The second-order valence-electron chi connectivity index (χ2n) is 3.71.